The van der Waals surface area contributed by atoms with Crippen LogP contribution in [0.2, 0.25) is 0 Å². The molecule has 0 unspecified atom stereocenters. The van der Waals surface area contributed by atoms with E-state index >= 15 is 0 Å². The molecule has 3 aromatic rings. The minimum Gasteiger partial charge on any atom is -0.462 e. The van der Waals surface area contributed by atoms with E-state index in [4.69, 9.17) is 10.3 Å². The van der Waals surface area contributed by atoms with Crippen LogP contribution >= 0.6 is 0 Å². The minimum absolute atomic E-state index is 0.234. The predicted molar refractivity (Wildman–Crippen MR) is 101 cm³/mol. The van der Waals surface area contributed by atoms with Crippen molar-refractivity contribution in [3.63, 3.8) is 0 Å². The molecular weight excluding hydrogens is 328 g/mol. The molecule has 0 radical (unpaired) electrons. The first-order valence-corrected chi connectivity index (χ1v) is 8.24. The Balaban J connectivity index is 2.40. The zero-order chi connectivity index (χ0) is 18.5. The van der Waals surface area contributed by atoms with Gasteiger partial charge in [0.25, 0.3) is 0 Å². The number of hydrogen-bond acceptors (Lipinski definition) is 3. The molecule has 1 heterocycles. The highest BCUT2D eigenvalue weighted by Crippen LogP contribution is 2.42. The van der Waals surface area contributed by atoms with Gasteiger partial charge in [0, 0.05) is 12.0 Å². The highest BCUT2D eigenvalue weighted by Gasteiger charge is 2.27. The molecule has 0 amide bonds. The van der Waals surface area contributed by atoms with E-state index in [2.05, 4.69) is 10.0 Å². The Bertz CT molecular complexity index is 972. The third-order valence-electron chi connectivity index (χ3n) is 4.09. The molecule has 0 aliphatic carbocycles. The van der Waals surface area contributed by atoms with Crippen molar-refractivity contribution in [3.8, 4) is 22.5 Å². The summed E-state index contributed by atoms with van der Waals surface area (Å²) in [7, 11) is 1.85. The first-order chi connectivity index (χ1) is 12.7. The molecule has 0 saturated heterocycles. The fourth-order valence-corrected chi connectivity index (χ4v) is 3.07. The summed E-state index contributed by atoms with van der Waals surface area (Å²) in [5.41, 5.74) is 12.7. The summed E-state index contributed by atoms with van der Waals surface area (Å²) < 4.78 is 7.12. The Morgan fingerprint density at radius 1 is 1.04 bits per heavy atom. The molecule has 0 atom stereocenters. The summed E-state index contributed by atoms with van der Waals surface area (Å²) in [5, 5.41) is 3.85. The van der Waals surface area contributed by atoms with Crippen molar-refractivity contribution < 1.29 is 9.53 Å². The van der Waals surface area contributed by atoms with Crippen LogP contribution in [0.15, 0.2) is 65.8 Å². The average molecular weight is 346 g/mol. The number of benzene rings is 2. The Labute approximate surface area is 151 Å². The van der Waals surface area contributed by atoms with Crippen molar-refractivity contribution in [2.75, 3.05) is 6.61 Å². The van der Waals surface area contributed by atoms with E-state index < -0.39 is 5.97 Å². The van der Waals surface area contributed by atoms with Crippen LogP contribution in [0.3, 0.4) is 0 Å². The van der Waals surface area contributed by atoms with E-state index in [9.17, 15) is 4.79 Å². The normalized spacial score (nSPS) is 10.2. The summed E-state index contributed by atoms with van der Waals surface area (Å²) in [4.78, 5) is 15.7. The van der Waals surface area contributed by atoms with Gasteiger partial charge in [-0.05, 0) is 23.6 Å². The summed E-state index contributed by atoms with van der Waals surface area (Å²) in [6.07, 6.45) is 0. The number of aromatic nitrogens is 1. The molecule has 0 bridgehead atoms. The number of azide groups is 1. The van der Waals surface area contributed by atoms with Crippen molar-refractivity contribution >= 4 is 11.7 Å². The van der Waals surface area contributed by atoms with Crippen molar-refractivity contribution in [2.45, 2.75) is 6.92 Å². The van der Waals surface area contributed by atoms with E-state index in [0.29, 0.717) is 11.4 Å². The van der Waals surface area contributed by atoms with Gasteiger partial charge >= 0.3 is 5.97 Å². The second-order valence-corrected chi connectivity index (χ2v) is 5.62. The number of esters is 1. The maximum Gasteiger partial charge on any atom is 0.340 e. The highest BCUT2D eigenvalue weighted by atomic mass is 16.5. The van der Waals surface area contributed by atoms with Gasteiger partial charge in [-0.15, -0.1) is 0 Å². The van der Waals surface area contributed by atoms with E-state index in [0.717, 1.165) is 11.1 Å². The Morgan fingerprint density at radius 2 is 1.58 bits per heavy atom. The largest absolute Gasteiger partial charge is 0.462 e. The lowest BCUT2D eigenvalue weighted by Gasteiger charge is -2.09. The summed E-state index contributed by atoms with van der Waals surface area (Å²) in [6.45, 7) is 1.98. The van der Waals surface area contributed by atoms with Crippen LogP contribution in [-0.2, 0) is 11.8 Å². The molecule has 130 valence electrons. The van der Waals surface area contributed by atoms with Gasteiger partial charge in [0.2, 0.25) is 0 Å². The second kappa shape index (κ2) is 7.59. The number of rotatable bonds is 5. The van der Waals surface area contributed by atoms with E-state index in [1.807, 2.05) is 72.3 Å². The molecule has 6 heteroatoms. The standard InChI is InChI=1S/C20H18N4O2/c1-3-26-20(25)16-17(22-23-21)19(15-12-8-5-9-13-15)24(2)18(16)14-10-6-4-7-11-14/h4-13H,3H2,1-2H3. The van der Waals surface area contributed by atoms with Crippen LogP contribution in [0.5, 0.6) is 0 Å². The molecule has 0 fully saturated rings. The van der Waals surface area contributed by atoms with Gasteiger partial charge < -0.3 is 9.30 Å². The van der Waals surface area contributed by atoms with Crippen LogP contribution in [0.1, 0.15) is 17.3 Å². The van der Waals surface area contributed by atoms with Crippen molar-refractivity contribution in [3.05, 3.63) is 76.7 Å². The smallest absolute Gasteiger partial charge is 0.340 e. The molecular formula is C20H18N4O2. The molecule has 0 aliphatic rings. The lowest BCUT2D eigenvalue weighted by Crippen LogP contribution is -2.06. The fourth-order valence-electron chi connectivity index (χ4n) is 3.07. The van der Waals surface area contributed by atoms with Gasteiger partial charge in [-0.25, -0.2) is 4.79 Å². The Morgan fingerprint density at radius 3 is 2.08 bits per heavy atom. The second-order valence-electron chi connectivity index (χ2n) is 5.62. The first-order valence-electron chi connectivity index (χ1n) is 8.24. The van der Waals surface area contributed by atoms with Crippen LogP contribution in [-0.4, -0.2) is 17.1 Å². The van der Waals surface area contributed by atoms with Gasteiger partial charge in [0.05, 0.1) is 29.2 Å². The lowest BCUT2D eigenvalue weighted by atomic mass is 10.1. The molecule has 0 saturated carbocycles. The topological polar surface area (TPSA) is 80.0 Å². The molecule has 26 heavy (non-hydrogen) atoms. The van der Waals surface area contributed by atoms with Crippen LogP contribution in [0.4, 0.5) is 5.69 Å². The number of ether oxygens (including phenoxy) is 1. The van der Waals surface area contributed by atoms with E-state index in [1.54, 1.807) is 6.92 Å². The van der Waals surface area contributed by atoms with E-state index in [-0.39, 0.29) is 17.9 Å². The van der Waals surface area contributed by atoms with Crippen molar-refractivity contribution in [2.24, 2.45) is 12.2 Å². The van der Waals surface area contributed by atoms with Gasteiger partial charge in [-0.2, -0.15) is 0 Å². The summed E-state index contributed by atoms with van der Waals surface area (Å²) in [6, 6.07) is 19.0. The monoisotopic (exact) mass is 346 g/mol. The first kappa shape index (κ1) is 17.3. The minimum atomic E-state index is -0.508. The average Bonchev–Trinajstić information content (AvgIpc) is 2.96. The third-order valence-corrected chi connectivity index (χ3v) is 4.09. The highest BCUT2D eigenvalue weighted by molar-refractivity contribution is 6.06. The number of nitrogens with zero attached hydrogens (tertiary/aromatic N) is 4. The molecule has 0 N–H and O–H groups in total. The Kier molecular flexibility index (Phi) is 5.06. The fraction of sp³-hybridized carbons (Fsp3) is 0.150. The van der Waals surface area contributed by atoms with E-state index in [1.165, 1.54) is 0 Å². The molecule has 3 rings (SSSR count). The SMILES string of the molecule is CCOC(=O)c1c(N=[N+]=[N-])c(-c2ccccc2)n(C)c1-c1ccccc1. The molecule has 2 aromatic carbocycles. The van der Waals surface area contributed by atoms with Crippen molar-refractivity contribution in [1.82, 2.24) is 4.57 Å². The number of carbonyl (C=O) groups is 1. The Hall–Kier alpha value is -3.50. The van der Waals surface area contributed by atoms with Crippen LogP contribution in [0, 0.1) is 0 Å². The zero-order valence-electron chi connectivity index (χ0n) is 14.6. The number of carbonyl (C=O) groups excluding carboxylic acids is 1. The molecule has 0 aliphatic heterocycles. The zero-order valence-corrected chi connectivity index (χ0v) is 14.6. The van der Waals surface area contributed by atoms with Crippen LogP contribution in [0.25, 0.3) is 33.0 Å². The van der Waals surface area contributed by atoms with Gasteiger partial charge in [-0.1, -0.05) is 65.8 Å². The molecule has 1 aromatic heterocycles. The maximum atomic E-state index is 12.7. The summed E-state index contributed by atoms with van der Waals surface area (Å²) in [5.74, 6) is -0.508. The van der Waals surface area contributed by atoms with Gasteiger partial charge in [0.1, 0.15) is 0 Å². The lowest BCUT2D eigenvalue weighted by molar-refractivity contribution is 0.0528. The van der Waals surface area contributed by atoms with Crippen molar-refractivity contribution in [1.29, 1.82) is 0 Å². The third kappa shape index (κ3) is 3.06. The van der Waals surface area contributed by atoms with Gasteiger partial charge in [0.15, 0.2) is 0 Å². The summed E-state index contributed by atoms with van der Waals surface area (Å²) >= 11 is 0. The van der Waals surface area contributed by atoms with Crippen LogP contribution < -0.4 is 0 Å². The predicted octanol–water partition coefficient (Wildman–Crippen LogP) is 5.48. The number of hydrogen-bond donors (Lipinski definition) is 0. The van der Waals surface area contributed by atoms with Gasteiger partial charge in [-0.3, -0.25) is 0 Å². The molecule has 0 spiro atoms. The quantitative estimate of drug-likeness (QED) is 0.265. The molecule has 6 nitrogen and oxygen atoms in total. The maximum absolute atomic E-state index is 12.7.